The van der Waals surface area contributed by atoms with E-state index >= 15 is 0 Å². The fourth-order valence-corrected chi connectivity index (χ4v) is 11.0. The fourth-order valence-electron chi connectivity index (χ4n) is 11.0. The number of hydrogen-bond acceptors (Lipinski definition) is 6. The molecule has 0 spiro atoms. The lowest BCUT2D eigenvalue weighted by atomic mass is 10.0. The van der Waals surface area contributed by atoms with Crippen LogP contribution in [0.1, 0.15) is 400 Å². The van der Waals surface area contributed by atoms with E-state index in [9.17, 15) is 14.4 Å². The molecule has 6 nitrogen and oxygen atoms in total. The molecule has 6 heteroatoms. The van der Waals surface area contributed by atoms with Crippen LogP contribution in [0.2, 0.25) is 0 Å². The number of ether oxygens (including phenoxy) is 3. The van der Waals surface area contributed by atoms with Gasteiger partial charge in [0.25, 0.3) is 0 Å². The Balaban J connectivity index is 4.28. The maximum atomic E-state index is 13.0. The van der Waals surface area contributed by atoms with E-state index in [0.717, 1.165) is 77.0 Å². The van der Waals surface area contributed by atoms with E-state index in [2.05, 4.69) is 57.2 Å². The maximum Gasteiger partial charge on any atom is 0.306 e. The number of hydrogen-bond donors (Lipinski definition) is 0. The van der Waals surface area contributed by atoms with Crippen molar-refractivity contribution in [3.05, 3.63) is 36.5 Å². The highest BCUT2D eigenvalue weighted by Crippen LogP contribution is 2.19. The minimum atomic E-state index is -0.774. The average molecular weight is 1120 g/mol. The first-order chi connectivity index (χ1) is 39.5. The van der Waals surface area contributed by atoms with Crippen LogP contribution < -0.4 is 0 Å². The topological polar surface area (TPSA) is 78.9 Å². The Kier molecular flexibility index (Phi) is 67.1. The molecule has 0 aromatic carbocycles. The first kappa shape index (κ1) is 77.6. The molecule has 0 aliphatic heterocycles. The minimum absolute atomic E-state index is 0.0692. The smallest absolute Gasteiger partial charge is 0.306 e. The summed E-state index contributed by atoms with van der Waals surface area (Å²) in [5, 5.41) is 0. The first-order valence-corrected chi connectivity index (χ1v) is 36.0. The summed E-state index contributed by atoms with van der Waals surface area (Å²) in [6.45, 7) is 6.71. The number of esters is 3. The highest BCUT2D eigenvalue weighted by Gasteiger charge is 2.19. The van der Waals surface area contributed by atoms with Gasteiger partial charge in [0.05, 0.1) is 0 Å². The molecule has 0 fully saturated rings. The monoisotopic (exact) mass is 1120 g/mol. The predicted molar refractivity (Wildman–Crippen MR) is 349 cm³/mol. The van der Waals surface area contributed by atoms with Gasteiger partial charge in [-0.05, 0) is 57.8 Å². The van der Waals surface area contributed by atoms with Gasteiger partial charge in [0.1, 0.15) is 13.2 Å². The highest BCUT2D eigenvalue weighted by molar-refractivity contribution is 5.71. The molecule has 0 aromatic rings. The summed E-state index contributed by atoms with van der Waals surface area (Å²) < 4.78 is 17.0. The summed E-state index contributed by atoms with van der Waals surface area (Å²) in [5.74, 6) is -0.844. The van der Waals surface area contributed by atoms with E-state index in [4.69, 9.17) is 14.2 Å². The van der Waals surface area contributed by atoms with Gasteiger partial charge in [-0.3, -0.25) is 14.4 Å². The van der Waals surface area contributed by atoms with Crippen molar-refractivity contribution in [1.82, 2.24) is 0 Å². The molecule has 0 N–H and O–H groups in total. The standard InChI is InChI=1S/C74H138O6/c1-4-7-10-13-16-19-22-25-28-30-32-34-36-38-39-41-43-46-49-52-55-58-61-64-67-73(76)79-70-71(69-78-72(75)66-63-60-57-54-51-48-45-27-24-21-18-15-12-9-6-3)80-74(77)68-65-62-59-56-53-50-47-44-42-40-37-35-33-31-29-26-23-20-17-14-11-8-5-2/h23,26,31,33,37,40,71H,4-22,24-25,27-30,32,34-36,38-39,41-70H2,1-3H3/b26-23-,33-31-,40-37-. The van der Waals surface area contributed by atoms with Crippen LogP contribution in [0.15, 0.2) is 36.5 Å². The summed E-state index contributed by atoms with van der Waals surface area (Å²) in [7, 11) is 0. The van der Waals surface area contributed by atoms with Crippen LogP contribution in [-0.4, -0.2) is 37.2 Å². The van der Waals surface area contributed by atoms with E-state index in [1.165, 1.54) is 283 Å². The van der Waals surface area contributed by atoms with Crippen LogP contribution in [0.5, 0.6) is 0 Å². The quantitative estimate of drug-likeness (QED) is 0.0261. The summed E-state index contributed by atoms with van der Waals surface area (Å²) >= 11 is 0. The summed E-state index contributed by atoms with van der Waals surface area (Å²) in [6, 6.07) is 0. The van der Waals surface area contributed by atoms with Gasteiger partial charge in [-0.15, -0.1) is 0 Å². The van der Waals surface area contributed by atoms with Gasteiger partial charge in [0.2, 0.25) is 0 Å². The second-order valence-corrected chi connectivity index (χ2v) is 24.5. The largest absolute Gasteiger partial charge is 0.462 e. The molecule has 0 saturated heterocycles. The molecular formula is C74H138O6. The van der Waals surface area contributed by atoms with Gasteiger partial charge in [0, 0.05) is 19.3 Å². The second kappa shape index (κ2) is 69.1. The van der Waals surface area contributed by atoms with Crippen molar-refractivity contribution in [2.24, 2.45) is 0 Å². The van der Waals surface area contributed by atoms with Gasteiger partial charge in [-0.2, -0.15) is 0 Å². The Bertz CT molecular complexity index is 1340. The van der Waals surface area contributed by atoms with Crippen molar-refractivity contribution in [2.75, 3.05) is 13.2 Å². The molecule has 0 saturated carbocycles. The lowest BCUT2D eigenvalue weighted by Gasteiger charge is -2.18. The Hall–Kier alpha value is -2.37. The highest BCUT2D eigenvalue weighted by atomic mass is 16.6. The first-order valence-electron chi connectivity index (χ1n) is 36.0. The van der Waals surface area contributed by atoms with Gasteiger partial charge >= 0.3 is 17.9 Å². The number of carbonyl (C=O) groups is 3. The molecular weight excluding hydrogens is 985 g/mol. The number of rotatable bonds is 67. The van der Waals surface area contributed by atoms with E-state index < -0.39 is 6.10 Å². The van der Waals surface area contributed by atoms with Crippen molar-refractivity contribution >= 4 is 17.9 Å². The molecule has 0 aliphatic rings. The van der Waals surface area contributed by atoms with E-state index in [0.29, 0.717) is 19.3 Å². The number of allylic oxidation sites excluding steroid dienone is 6. The van der Waals surface area contributed by atoms with Gasteiger partial charge < -0.3 is 14.2 Å². The molecule has 80 heavy (non-hydrogen) atoms. The average Bonchev–Trinajstić information content (AvgIpc) is 3.46. The van der Waals surface area contributed by atoms with Crippen molar-refractivity contribution in [3.8, 4) is 0 Å². The van der Waals surface area contributed by atoms with Crippen molar-refractivity contribution in [1.29, 1.82) is 0 Å². The molecule has 0 radical (unpaired) electrons. The predicted octanol–water partition coefficient (Wildman–Crippen LogP) is 24.7. The molecule has 0 bridgehead atoms. The second-order valence-electron chi connectivity index (χ2n) is 24.5. The zero-order chi connectivity index (χ0) is 57.8. The lowest BCUT2D eigenvalue weighted by Crippen LogP contribution is -2.30. The number of unbranched alkanes of at least 4 members (excludes halogenated alkanes) is 50. The van der Waals surface area contributed by atoms with E-state index in [-0.39, 0.29) is 31.1 Å². The van der Waals surface area contributed by atoms with Gasteiger partial charge in [-0.1, -0.05) is 359 Å². The third-order valence-corrected chi connectivity index (χ3v) is 16.4. The zero-order valence-corrected chi connectivity index (χ0v) is 54.1. The van der Waals surface area contributed by atoms with E-state index in [1.807, 2.05) is 0 Å². The van der Waals surface area contributed by atoms with Crippen molar-refractivity contribution in [3.63, 3.8) is 0 Å². The molecule has 0 heterocycles. The van der Waals surface area contributed by atoms with Crippen LogP contribution in [0, 0.1) is 0 Å². The summed E-state index contributed by atoms with van der Waals surface area (Å²) in [5.41, 5.74) is 0. The van der Waals surface area contributed by atoms with Crippen molar-refractivity contribution < 1.29 is 28.6 Å². The Morgan fingerprint density at radius 3 is 0.700 bits per heavy atom. The van der Waals surface area contributed by atoms with Crippen molar-refractivity contribution in [2.45, 2.75) is 406 Å². The molecule has 0 aliphatic carbocycles. The zero-order valence-electron chi connectivity index (χ0n) is 54.1. The molecule has 1 unspecified atom stereocenters. The normalized spacial score (nSPS) is 12.2. The Morgan fingerprint density at radius 1 is 0.250 bits per heavy atom. The van der Waals surface area contributed by atoms with Crippen LogP contribution >= 0.6 is 0 Å². The fraction of sp³-hybridized carbons (Fsp3) is 0.878. The number of carbonyl (C=O) groups excluding carboxylic acids is 3. The maximum absolute atomic E-state index is 13.0. The lowest BCUT2D eigenvalue weighted by molar-refractivity contribution is -0.167. The Morgan fingerprint density at radius 2 is 0.450 bits per heavy atom. The molecule has 1 atom stereocenters. The van der Waals surface area contributed by atoms with Crippen LogP contribution in [0.3, 0.4) is 0 Å². The van der Waals surface area contributed by atoms with Crippen LogP contribution in [-0.2, 0) is 28.6 Å². The van der Waals surface area contributed by atoms with Gasteiger partial charge in [-0.25, -0.2) is 0 Å². The third-order valence-electron chi connectivity index (χ3n) is 16.4. The SMILES string of the molecule is CCCCCCC/C=C\C/C=C\C/C=C\CCCCCCCCCCC(=O)OC(COC(=O)CCCCCCCCCCCCCCCCC)COC(=O)CCCCCCCCCCCCCCCCCCCCCCCCCC. The molecule has 0 rings (SSSR count). The molecule has 470 valence electrons. The van der Waals surface area contributed by atoms with Crippen LogP contribution in [0.4, 0.5) is 0 Å². The third kappa shape index (κ3) is 66.4. The molecule has 0 amide bonds. The summed E-state index contributed by atoms with van der Waals surface area (Å²) in [4.78, 5) is 38.5. The van der Waals surface area contributed by atoms with Gasteiger partial charge in [0.15, 0.2) is 6.10 Å². The minimum Gasteiger partial charge on any atom is -0.462 e. The molecule has 0 aromatic heterocycles. The van der Waals surface area contributed by atoms with E-state index in [1.54, 1.807) is 0 Å². The Labute approximate surface area is 499 Å². The van der Waals surface area contributed by atoms with Crippen LogP contribution in [0.25, 0.3) is 0 Å². The summed E-state index contributed by atoms with van der Waals surface area (Å²) in [6.07, 6.45) is 86.0.